The number of rotatable bonds is 9. The van der Waals surface area contributed by atoms with Crippen LogP contribution >= 0.6 is 0 Å². The molecule has 3 aromatic carbocycles. The van der Waals surface area contributed by atoms with Gasteiger partial charge in [-0.3, -0.25) is 4.79 Å². The second-order valence-corrected chi connectivity index (χ2v) is 7.91. The summed E-state index contributed by atoms with van der Waals surface area (Å²) in [6.07, 6.45) is -0.460. The molecule has 0 fully saturated rings. The molecule has 0 heterocycles. The predicted octanol–water partition coefficient (Wildman–Crippen LogP) is 5.51. The fraction of sp³-hybridized carbons (Fsp3) is 0.259. The van der Waals surface area contributed by atoms with Crippen LogP contribution < -0.4 is 5.32 Å². The van der Waals surface area contributed by atoms with Crippen LogP contribution in [0.5, 0.6) is 0 Å². The van der Waals surface area contributed by atoms with Crippen LogP contribution in [0, 0.1) is 17.2 Å². The van der Waals surface area contributed by atoms with E-state index in [0.717, 1.165) is 22.3 Å². The van der Waals surface area contributed by atoms with Gasteiger partial charge in [-0.25, -0.2) is 0 Å². The van der Waals surface area contributed by atoms with Crippen molar-refractivity contribution in [2.75, 3.05) is 6.54 Å². The second-order valence-electron chi connectivity index (χ2n) is 7.91. The van der Waals surface area contributed by atoms with Crippen molar-refractivity contribution < 1.29 is 9.53 Å². The van der Waals surface area contributed by atoms with Crippen molar-refractivity contribution in [3.8, 4) is 17.2 Å². The summed E-state index contributed by atoms with van der Waals surface area (Å²) in [4.78, 5) is 12.7. The highest BCUT2D eigenvalue weighted by Crippen LogP contribution is 2.30. The number of ether oxygens (including phenoxy) is 1. The number of nitriles is 1. The SMILES string of the molecule is CC(C)C[C@H](OC(c1ccccc1)c1ccc(-c2ccccc2)cc1)C(=O)NCC#N. The van der Waals surface area contributed by atoms with Crippen molar-refractivity contribution >= 4 is 5.91 Å². The molecule has 0 aliphatic heterocycles. The Morgan fingerprint density at radius 1 is 0.871 bits per heavy atom. The highest BCUT2D eigenvalue weighted by molar-refractivity contribution is 5.81. The Morgan fingerprint density at radius 3 is 2.00 bits per heavy atom. The van der Waals surface area contributed by atoms with E-state index in [1.54, 1.807) is 0 Å². The lowest BCUT2D eigenvalue weighted by atomic mass is 9.97. The third kappa shape index (κ3) is 6.28. The first-order valence-electron chi connectivity index (χ1n) is 10.6. The van der Waals surface area contributed by atoms with E-state index in [4.69, 9.17) is 10.00 Å². The summed E-state index contributed by atoms with van der Waals surface area (Å²) in [5.74, 6) is 0.0202. The van der Waals surface area contributed by atoms with Crippen molar-refractivity contribution in [2.45, 2.75) is 32.5 Å². The van der Waals surface area contributed by atoms with Gasteiger partial charge in [0.2, 0.25) is 5.91 Å². The molecule has 0 saturated carbocycles. The van der Waals surface area contributed by atoms with Gasteiger partial charge in [0, 0.05) is 0 Å². The highest BCUT2D eigenvalue weighted by Gasteiger charge is 2.26. The molecule has 3 aromatic rings. The number of benzene rings is 3. The Morgan fingerprint density at radius 2 is 1.42 bits per heavy atom. The lowest BCUT2D eigenvalue weighted by Crippen LogP contribution is -2.38. The van der Waals surface area contributed by atoms with Gasteiger partial charge in [0.15, 0.2) is 0 Å². The maximum absolute atomic E-state index is 12.7. The molecule has 2 atom stereocenters. The van der Waals surface area contributed by atoms with E-state index in [1.165, 1.54) is 0 Å². The Hall–Kier alpha value is -3.42. The molecule has 0 aliphatic carbocycles. The minimum Gasteiger partial charge on any atom is -0.356 e. The van der Waals surface area contributed by atoms with Gasteiger partial charge in [0.1, 0.15) is 18.8 Å². The number of hydrogen-bond acceptors (Lipinski definition) is 3. The maximum atomic E-state index is 12.7. The summed E-state index contributed by atoms with van der Waals surface area (Å²) >= 11 is 0. The first-order valence-corrected chi connectivity index (χ1v) is 10.6. The molecule has 31 heavy (non-hydrogen) atoms. The first-order chi connectivity index (χ1) is 15.1. The molecule has 0 bridgehead atoms. The van der Waals surface area contributed by atoms with Gasteiger partial charge < -0.3 is 10.1 Å². The van der Waals surface area contributed by atoms with Crippen molar-refractivity contribution in [1.29, 1.82) is 5.26 Å². The molecule has 3 rings (SSSR count). The number of carbonyl (C=O) groups is 1. The number of hydrogen-bond donors (Lipinski definition) is 1. The zero-order valence-electron chi connectivity index (χ0n) is 18.0. The molecule has 4 nitrogen and oxygen atoms in total. The summed E-state index contributed by atoms with van der Waals surface area (Å²) in [7, 11) is 0. The highest BCUT2D eigenvalue weighted by atomic mass is 16.5. The lowest BCUT2D eigenvalue weighted by Gasteiger charge is -2.26. The van der Waals surface area contributed by atoms with Crippen LogP contribution in [0.2, 0.25) is 0 Å². The zero-order chi connectivity index (χ0) is 22.1. The normalized spacial score (nSPS) is 12.7. The maximum Gasteiger partial charge on any atom is 0.250 e. The second kappa shape index (κ2) is 11.1. The molecule has 4 heteroatoms. The van der Waals surface area contributed by atoms with Crippen LogP contribution in [0.15, 0.2) is 84.9 Å². The number of carbonyl (C=O) groups excluding carboxylic acids is 1. The average Bonchev–Trinajstić information content (AvgIpc) is 2.81. The Balaban J connectivity index is 1.91. The van der Waals surface area contributed by atoms with E-state index >= 15 is 0 Å². The van der Waals surface area contributed by atoms with E-state index in [-0.39, 0.29) is 24.5 Å². The molecule has 1 N–H and O–H groups in total. The Bertz CT molecular complexity index is 993. The third-order valence-corrected chi connectivity index (χ3v) is 5.04. The fourth-order valence-corrected chi connectivity index (χ4v) is 3.52. The first kappa shape index (κ1) is 22.3. The van der Waals surface area contributed by atoms with Gasteiger partial charge >= 0.3 is 0 Å². The number of nitrogens with zero attached hydrogens (tertiary/aromatic N) is 1. The molecule has 1 unspecified atom stereocenters. The summed E-state index contributed by atoms with van der Waals surface area (Å²) < 4.78 is 6.42. The van der Waals surface area contributed by atoms with E-state index in [9.17, 15) is 4.79 Å². The van der Waals surface area contributed by atoms with Crippen LogP contribution in [0.4, 0.5) is 0 Å². The van der Waals surface area contributed by atoms with Crippen molar-refractivity contribution in [3.05, 3.63) is 96.1 Å². The molecular formula is C27H28N2O2. The summed E-state index contributed by atoms with van der Waals surface area (Å²) in [6.45, 7) is 4.08. The number of amides is 1. The molecule has 0 saturated heterocycles. The van der Waals surface area contributed by atoms with E-state index in [2.05, 4.69) is 55.6 Å². The largest absolute Gasteiger partial charge is 0.356 e. The van der Waals surface area contributed by atoms with Crippen molar-refractivity contribution in [3.63, 3.8) is 0 Å². The molecule has 0 spiro atoms. The van der Waals surface area contributed by atoms with Gasteiger partial charge in [-0.15, -0.1) is 0 Å². The average molecular weight is 413 g/mol. The number of nitrogens with one attached hydrogen (secondary N) is 1. The molecule has 0 aromatic heterocycles. The van der Waals surface area contributed by atoms with Gasteiger partial charge in [-0.2, -0.15) is 5.26 Å². The summed E-state index contributed by atoms with van der Waals surface area (Å²) in [6, 6.07) is 30.4. The van der Waals surface area contributed by atoms with Crippen LogP contribution in [-0.4, -0.2) is 18.6 Å². The van der Waals surface area contributed by atoms with Crippen LogP contribution in [-0.2, 0) is 9.53 Å². The van der Waals surface area contributed by atoms with E-state index in [0.29, 0.717) is 6.42 Å². The fourth-order valence-electron chi connectivity index (χ4n) is 3.52. The molecule has 1 amide bonds. The van der Waals surface area contributed by atoms with E-state index < -0.39 is 6.10 Å². The van der Waals surface area contributed by atoms with Gasteiger partial charge in [0.25, 0.3) is 0 Å². The molecule has 158 valence electrons. The Kier molecular flexibility index (Phi) is 7.98. The predicted molar refractivity (Wildman–Crippen MR) is 123 cm³/mol. The summed E-state index contributed by atoms with van der Waals surface area (Å²) in [5, 5.41) is 11.5. The van der Waals surface area contributed by atoms with Crippen LogP contribution in [0.25, 0.3) is 11.1 Å². The van der Waals surface area contributed by atoms with Gasteiger partial charge in [-0.05, 0) is 34.6 Å². The van der Waals surface area contributed by atoms with Crippen molar-refractivity contribution in [2.24, 2.45) is 5.92 Å². The minimum absolute atomic E-state index is 0.0292. The Labute approximate surface area is 184 Å². The summed E-state index contributed by atoms with van der Waals surface area (Å²) in [5.41, 5.74) is 4.24. The van der Waals surface area contributed by atoms with Gasteiger partial charge in [-0.1, -0.05) is 98.8 Å². The van der Waals surface area contributed by atoms with Crippen molar-refractivity contribution in [1.82, 2.24) is 5.32 Å². The monoisotopic (exact) mass is 412 g/mol. The standard InChI is InChI=1S/C27H28N2O2/c1-20(2)19-25(27(30)29-18-17-28)31-26(23-11-7-4-8-12-23)24-15-13-22(14-16-24)21-9-5-3-6-10-21/h3-16,20,25-26H,18-19H2,1-2H3,(H,29,30)/t25-,26?/m0/s1. The smallest absolute Gasteiger partial charge is 0.250 e. The molecular weight excluding hydrogens is 384 g/mol. The van der Waals surface area contributed by atoms with Crippen LogP contribution in [0.3, 0.4) is 0 Å². The lowest BCUT2D eigenvalue weighted by molar-refractivity contribution is -0.136. The topological polar surface area (TPSA) is 62.1 Å². The molecule has 0 aliphatic rings. The van der Waals surface area contributed by atoms with Crippen LogP contribution in [0.1, 0.15) is 37.5 Å². The van der Waals surface area contributed by atoms with Gasteiger partial charge in [0.05, 0.1) is 6.07 Å². The zero-order valence-corrected chi connectivity index (χ0v) is 18.0. The third-order valence-electron chi connectivity index (χ3n) is 5.04. The quantitative estimate of drug-likeness (QED) is 0.471. The molecule has 0 radical (unpaired) electrons. The van der Waals surface area contributed by atoms with E-state index in [1.807, 2.05) is 54.6 Å². The minimum atomic E-state index is -0.646.